The number of aromatic nitrogens is 4. The Bertz CT molecular complexity index is 1510. The van der Waals surface area contributed by atoms with Crippen molar-refractivity contribution in [2.45, 2.75) is 39.3 Å². The van der Waals surface area contributed by atoms with Crippen molar-refractivity contribution < 1.29 is 19.0 Å². The second-order valence-corrected chi connectivity index (χ2v) is 10.4. The number of benzene rings is 2. The van der Waals surface area contributed by atoms with Gasteiger partial charge in [0.05, 0.1) is 29.0 Å². The zero-order valence-electron chi connectivity index (χ0n) is 21.5. The van der Waals surface area contributed by atoms with E-state index in [0.717, 1.165) is 5.69 Å². The zero-order chi connectivity index (χ0) is 27.2. The number of carbonyl (C=O) groups excluding carboxylic acids is 1. The number of fused-ring (bicyclic) bond motifs is 1. The summed E-state index contributed by atoms with van der Waals surface area (Å²) in [7, 11) is 0. The molecule has 0 aliphatic carbocycles. The lowest BCUT2D eigenvalue weighted by molar-refractivity contribution is -0.125. The molecular formula is C27H28ClFN6O3. The largest absolute Gasteiger partial charge is 0.383 e. The molecule has 0 atom stereocenters. The van der Waals surface area contributed by atoms with Crippen LogP contribution in [-0.2, 0) is 15.1 Å². The van der Waals surface area contributed by atoms with Crippen molar-refractivity contribution in [2.24, 2.45) is 0 Å². The summed E-state index contributed by atoms with van der Waals surface area (Å²) in [4.78, 5) is 27.0. The van der Waals surface area contributed by atoms with Crippen molar-refractivity contribution in [3.63, 3.8) is 0 Å². The Morgan fingerprint density at radius 2 is 1.92 bits per heavy atom. The van der Waals surface area contributed by atoms with Gasteiger partial charge in [-0.3, -0.25) is 4.79 Å². The number of halogens is 2. The molecule has 1 saturated heterocycles. The molecule has 38 heavy (non-hydrogen) atoms. The van der Waals surface area contributed by atoms with Crippen LogP contribution in [0.4, 0.5) is 21.7 Å². The third-order valence-electron chi connectivity index (χ3n) is 6.25. The first-order valence-corrected chi connectivity index (χ1v) is 12.6. The Morgan fingerprint density at radius 3 is 2.58 bits per heavy atom. The number of imidazole rings is 1. The number of aliphatic hydroxyl groups is 1. The Balaban J connectivity index is 1.48. The molecule has 11 heteroatoms. The SMILES string of the molecule is CC(C)n1c(C(C)(C)O)nc2c(F)cc(-c3nc(Nc4ccc(N5CCOCC5=O)cc4)ncc3Cl)cc21. The molecule has 9 nitrogen and oxygen atoms in total. The first-order chi connectivity index (χ1) is 18.0. The van der Waals surface area contributed by atoms with Crippen LogP contribution in [0.15, 0.2) is 42.6 Å². The van der Waals surface area contributed by atoms with Gasteiger partial charge in [0.25, 0.3) is 5.91 Å². The van der Waals surface area contributed by atoms with Crippen molar-refractivity contribution >= 4 is 45.9 Å². The van der Waals surface area contributed by atoms with Crippen LogP contribution in [0.1, 0.15) is 39.6 Å². The predicted molar refractivity (Wildman–Crippen MR) is 144 cm³/mol. The van der Waals surface area contributed by atoms with Crippen LogP contribution >= 0.6 is 11.6 Å². The molecule has 1 fully saturated rings. The summed E-state index contributed by atoms with van der Waals surface area (Å²) >= 11 is 6.45. The summed E-state index contributed by atoms with van der Waals surface area (Å²) in [5, 5.41) is 14.0. The van der Waals surface area contributed by atoms with E-state index < -0.39 is 11.4 Å². The van der Waals surface area contributed by atoms with Crippen LogP contribution < -0.4 is 10.2 Å². The topological polar surface area (TPSA) is 105 Å². The molecule has 1 aliphatic rings. The molecular weight excluding hydrogens is 511 g/mol. The molecule has 198 valence electrons. The Kier molecular flexibility index (Phi) is 6.81. The van der Waals surface area contributed by atoms with E-state index >= 15 is 4.39 Å². The summed E-state index contributed by atoms with van der Waals surface area (Å²) < 4.78 is 22.3. The average molecular weight is 539 g/mol. The van der Waals surface area contributed by atoms with Gasteiger partial charge in [-0.2, -0.15) is 0 Å². The van der Waals surface area contributed by atoms with E-state index in [0.29, 0.717) is 41.4 Å². The van der Waals surface area contributed by atoms with Crippen molar-refractivity contribution in [1.82, 2.24) is 19.5 Å². The van der Waals surface area contributed by atoms with Gasteiger partial charge in [0, 0.05) is 29.5 Å². The minimum Gasteiger partial charge on any atom is -0.383 e. The average Bonchev–Trinajstić information content (AvgIpc) is 3.27. The lowest BCUT2D eigenvalue weighted by atomic mass is 10.1. The van der Waals surface area contributed by atoms with E-state index in [2.05, 4.69) is 20.3 Å². The summed E-state index contributed by atoms with van der Waals surface area (Å²) in [5.41, 5.74) is 1.73. The number of carbonyl (C=O) groups is 1. The minimum absolute atomic E-state index is 0.0742. The summed E-state index contributed by atoms with van der Waals surface area (Å²) in [6, 6.07) is 10.3. The van der Waals surface area contributed by atoms with Crippen molar-refractivity contribution in [1.29, 1.82) is 0 Å². The van der Waals surface area contributed by atoms with Gasteiger partial charge >= 0.3 is 0 Å². The van der Waals surface area contributed by atoms with Gasteiger partial charge in [0.1, 0.15) is 23.5 Å². The second kappa shape index (κ2) is 9.94. The van der Waals surface area contributed by atoms with E-state index in [1.807, 2.05) is 42.7 Å². The molecule has 1 aliphatic heterocycles. The van der Waals surface area contributed by atoms with E-state index in [9.17, 15) is 9.90 Å². The highest BCUT2D eigenvalue weighted by atomic mass is 35.5. The van der Waals surface area contributed by atoms with E-state index in [1.165, 1.54) is 12.3 Å². The molecule has 2 N–H and O–H groups in total. The molecule has 2 aromatic heterocycles. The van der Waals surface area contributed by atoms with E-state index in [-0.39, 0.29) is 35.0 Å². The molecule has 4 aromatic rings. The van der Waals surface area contributed by atoms with Crippen LogP contribution in [0, 0.1) is 5.82 Å². The molecule has 0 spiro atoms. The lowest BCUT2D eigenvalue weighted by Gasteiger charge is -2.26. The number of morpholine rings is 1. The van der Waals surface area contributed by atoms with Gasteiger partial charge in [-0.1, -0.05) is 11.6 Å². The van der Waals surface area contributed by atoms with Crippen molar-refractivity contribution in [3.8, 4) is 11.3 Å². The fraction of sp³-hybridized carbons (Fsp3) is 0.333. The summed E-state index contributed by atoms with van der Waals surface area (Å²) in [5.74, 6) is 0.0201. The number of hydrogen-bond acceptors (Lipinski definition) is 7. The summed E-state index contributed by atoms with van der Waals surface area (Å²) in [6.45, 7) is 8.21. The fourth-order valence-corrected chi connectivity index (χ4v) is 4.72. The Morgan fingerprint density at radius 1 is 1.18 bits per heavy atom. The Labute approximate surface area is 224 Å². The molecule has 0 unspecified atom stereocenters. The fourth-order valence-electron chi connectivity index (χ4n) is 4.52. The van der Waals surface area contributed by atoms with Gasteiger partial charge in [-0.25, -0.2) is 19.3 Å². The van der Waals surface area contributed by atoms with E-state index in [4.69, 9.17) is 16.3 Å². The Hall–Kier alpha value is -3.60. The molecule has 0 bridgehead atoms. The number of amides is 1. The van der Waals surface area contributed by atoms with Crippen LogP contribution in [-0.4, -0.2) is 50.3 Å². The highest BCUT2D eigenvalue weighted by molar-refractivity contribution is 6.33. The lowest BCUT2D eigenvalue weighted by Crippen LogP contribution is -2.41. The van der Waals surface area contributed by atoms with Gasteiger partial charge in [0.2, 0.25) is 5.95 Å². The molecule has 2 aromatic carbocycles. The number of anilines is 3. The van der Waals surface area contributed by atoms with Gasteiger partial charge in [-0.05, 0) is 64.1 Å². The van der Waals surface area contributed by atoms with Gasteiger partial charge in [0.15, 0.2) is 5.82 Å². The quantitative estimate of drug-likeness (QED) is 0.347. The number of rotatable bonds is 6. The van der Waals surface area contributed by atoms with Crippen LogP contribution in [0.2, 0.25) is 5.02 Å². The van der Waals surface area contributed by atoms with E-state index in [1.54, 1.807) is 24.8 Å². The molecule has 0 saturated carbocycles. The molecule has 0 radical (unpaired) electrons. The predicted octanol–water partition coefficient (Wildman–Crippen LogP) is 5.20. The zero-order valence-corrected chi connectivity index (χ0v) is 22.3. The first-order valence-electron chi connectivity index (χ1n) is 12.3. The van der Waals surface area contributed by atoms with Gasteiger partial charge in [-0.15, -0.1) is 0 Å². The van der Waals surface area contributed by atoms with Crippen LogP contribution in [0.5, 0.6) is 0 Å². The van der Waals surface area contributed by atoms with Crippen LogP contribution in [0.3, 0.4) is 0 Å². The first kappa shape index (κ1) is 26.0. The number of nitrogens with one attached hydrogen (secondary N) is 1. The number of hydrogen-bond donors (Lipinski definition) is 2. The third-order valence-corrected chi connectivity index (χ3v) is 6.53. The summed E-state index contributed by atoms with van der Waals surface area (Å²) in [6.07, 6.45) is 1.46. The van der Waals surface area contributed by atoms with Crippen LogP contribution in [0.25, 0.3) is 22.3 Å². The van der Waals surface area contributed by atoms with Crippen molar-refractivity contribution in [3.05, 3.63) is 59.3 Å². The molecule has 5 rings (SSSR count). The second-order valence-electron chi connectivity index (χ2n) is 9.94. The minimum atomic E-state index is -1.26. The molecule has 3 heterocycles. The maximum atomic E-state index is 15.3. The highest BCUT2D eigenvalue weighted by Gasteiger charge is 2.28. The van der Waals surface area contributed by atoms with Crippen molar-refractivity contribution in [2.75, 3.05) is 30.0 Å². The van der Waals surface area contributed by atoms with Gasteiger partial charge < -0.3 is 24.6 Å². The molecule has 1 amide bonds. The smallest absolute Gasteiger partial charge is 0.253 e. The maximum absolute atomic E-state index is 15.3. The highest BCUT2D eigenvalue weighted by Crippen LogP contribution is 2.35. The standard InChI is InChI=1S/C27H28ClFN6O3/c1-15(2)35-21-12-16(11-20(29)24(21)32-25(35)27(3,4)37)23-19(28)13-30-26(33-23)31-17-5-7-18(8-6-17)34-9-10-38-14-22(34)36/h5-8,11-13,15,37H,9-10,14H2,1-4H3,(H,30,31,33). The number of ether oxygens (including phenoxy) is 1. The third kappa shape index (κ3) is 4.94. The maximum Gasteiger partial charge on any atom is 0.253 e. The number of nitrogens with zero attached hydrogens (tertiary/aromatic N) is 5. The normalized spacial score (nSPS) is 14.5. The monoisotopic (exact) mass is 538 g/mol.